The quantitative estimate of drug-likeness (QED) is 0.240. The summed E-state index contributed by atoms with van der Waals surface area (Å²) in [6, 6.07) is 31.5. The molecule has 0 saturated heterocycles. The van der Waals surface area contributed by atoms with Crippen molar-refractivity contribution in [3.05, 3.63) is 108 Å². The number of hydrogen-bond acceptors (Lipinski definition) is 4. The van der Waals surface area contributed by atoms with Crippen LogP contribution in [0.5, 0.6) is 0 Å². The maximum absolute atomic E-state index is 5.80. The number of hydrazine groups is 1. The van der Waals surface area contributed by atoms with Gasteiger partial charge in [0.25, 0.3) is 0 Å². The molecule has 0 amide bonds. The summed E-state index contributed by atoms with van der Waals surface area (Å²) >= 11 is 0. The Labute approximate surface area is 168 Å². The summed E-state index contributed by atoms with van der Waals surface area (Å²) in [6.45, 7) is 6.23. The topological polar surface area (TPSA) is 36.5 Å². The Morgan fingerprint density at radius 2 is 1.07 bits per heavy atom. The first-order chi connectivity index (χ1) is 13.8. The third-order valence-electron chi connectivity index (χ3n) is 4.92. The van der Waals surface area contributed by atoms with Gasteiger partial charge in [0.2, 0.25) is 0 Å². The van der Waals surface area contributed by atoms with E-state index < -0.39 is 5.54 Å². The first-order valence-electron chi connectivity index (χ1n) is 9.85. The molecule has 0 fully saturated rings. The molecule has 0 bridgehead atoms. The van der Waals surface area contributed by atoms with Crippen LogP contribution in [-0.4, -0.2) is 24.9 Å². The van der Waals surface area contributed by atoms with E-state index in [1.807, 2.05) is 23.3 Å². The van der Waals surface area contributed by atoms with Crippen molar-refractivity contribution in [1.29, 1.82) is 0 Å². The van der Waals surface area contributed by atoms with Crippen LogP contribution in [0, 0.1) is 0 Å². The van der Waals surface area contributed by atoms with Crippen molar-refractivity contribution in [3.8, 4) is 0 Å². The molecule has 0 aliphatic rings. The summed E-state index contributed by atoms with van der Waals surface area (Å²) in [5.41, 5.74) is 9.81. The standard InChI is InChI=1S/C24H29N3O/c1-3-27(4-2)28-20-25-26-24(21-14-8-5-9-15-21,22-16-10-6-11-17-22)23-18-12-7-13-19-23/h5-19,25-26H,3-4,20H2,1-2H3. The smallest absolute Gasteiger partial charge is 0.131 e. The molecule has 0 spiro atoms. The monoisotopic (exact) mass is 375 g/mol. The van der Waals surface area contributed by atoms with E-state index in [9.17, 15) is 0 Å². The van der Waals surface area contributed by atoms with Gasteiger partial charge in [0.05, 0.1) is 0 Å². The molecule has 0 saturated carbocycles. The van der Waals surface area contributed by atoms with Gasteiger partial charge in [-0.05, 0) is 16.7 Å². The summed E-state index contributed by atoms with van der Waals surface area (Å²) in [5.74, 6) is 0. The van der Waals surface area contributed by atoms with Crippen LogP contribution in [0.3, 0.4) is 0 Å². The predicted molar refractivity (Wildman–Crippen MR) is 114 cm³/mol. The largest absolute Gasteiger partial charge is 0.282 e. The van der Waals surface area contributed by atoms with Crippen LogP contribution in [0.15, 0.2) is 91.0 Å². The molecule has 0 aromatic heterocycles. The molecule has 0 heterocycles. The van der Waals surface area contributed by atoms with Gasteiger partial charge < -0.3 is 0 Å². The number of benzene rings is 3. The fourth-order valence-electron chi connectivity index (χ4n) is 3.48. The number of hydroxylamine groups is 2. The van der Waals surface area contributed by atoms with Gasteiger partial charge in [0.15, 0.2) is 0 Å². The van der Waals surface area contributed by atoms with Crippen LogP contribution in [0.2, 0.25) is 0 Å². The van der Waals surface area contributed by atoms with Crippen LogP contribution in [0.25, 0.3) is 0 Å². The Kier molecular flexibility index (Phi) is 7.34. The van der Waals surface area contributed by atoms with Crippen LogP contribution >= 0.6 is 0 Å². The van der Waals surface area contributed by atoms with E-state index in [2.05, 4.69) is 97.5 Å². The molecule has 2 N–H and O–H groups in total. The fourth-order valence-corrected chi connectivity index (χ4v) is 3.48. The van der Waals surface area contributed by atoms with Crippen molar-refractivity contribution in [2.75, 3.05) is 19.8 Å². The molecule has 0 atom stereocenters. The average molecular weight is 376 g/mol. The lowest BCUT2D eigenvalue weighted by molar-refractivity contribution is -0.162. The fraction of sp³-hybridized carbons (Fsp3) is 0.250. The SMILES string of the molecule is CCN(CC)OCNNC(c1ccccc1)(c1ccccc1)c1ccccc1. The predicted octanol–water partition coefficient (Wildman–Crippen LogP) is 4.30. The van der Waals surface area contributed by atoms with Gasteiger partial charge in [-0.25, -0.2) is 10.9 Å². The zero-order valence-electron chi connectivity index (χ0n) is 16.6. The third kappa shape index (κ3) is 4.49. The lowest BCUT2D eigenvalue weighted by Gasteiger charge is -2.37. The van der Waals surface area contributed by atoms with Gasteiger partial charge >= 0.3 is 0 Å². The summed E-state index contributed by atoms with van der Waals surface area (Å²) in [7, 11) is 0. The summed E-state index contributed by atoms with van der Waals surface area (Å²) in [6.07, 6.45) is 0. The van der Waals surface area contributed by atoms with Crippen LogP contribution in [-0.2, 0) is 10.4 Å². The summed E-state index contributed by atoms with van der Waals surface area (Å²) in [5, 5.41) is 1.92. The highest BCUT2D eigenvalue weighted by molar-refractivity contribution is 5.49. The molecule has 146 valence electrons. The first kappa shape index (κ1) is 20.2. The van der Waals surface area contributed by atoms with E-state index in [-0.39, 0.29) is 0 Å². The second kappa shape index (κ2) is 10.2. The van der Waals surface area contributed by atoms with Crippen molar-refractivity contribution in [3.63, 3.8) is 0 Å². The van der Waals surface area contributed by atoms with Crippen LogP contribution in [0.1, 0.15) is 30.5 Å². The van der Waals surface area contributed by atoms with E-state index >= 15 is 0 Å². The Balaban J connectivity index is 1.99. The van der Waals surface area contributed by atoms with E-state index in [1.165, 1.54) is 0 Å². The Hall–Kier alpha value is -2.50. The van der Waals surface area contributed by atoms with Gasteiger partial charge in [-0.1, -0.05) is 105 Å². The maximum Gasteiger partial charge on any atom is 0.131 e. The van der Waals surface area contributed by atoms with Gasteiger partial charge in [0.1, 0.15) is 12.3 Å². The van der Waals surface area contributed by atoms with Crippen LogP contribution < -0.4 is 10.9 Å². The van der Waals surface area contributed by atoms with Gasteiger partial charge in [-0.2, -0.15) is 5.06 Å². The van der Waals surface area contributed by atoms with Crippen molar-refractivity contribution in [1.82, 2.24) is 15.9 Å². The zero-order valence-corrected chi connectivity index (χ0v) is 16.6. The molecule has 4 heteroatoms. The molecule has 3 aromatic carbocycles. The first-order valence-corrected chi connectivity index (χ1v) is 9.85. The van der Waals surface area contributed by atoms with E-state index in [4.69, 9.17) is 4.84 Å². The van der Waals surface area contributed by atoms with E-state index in [0.717, 1.165) is 29.8 Å². The summed E-state index contributed by atoms with van der Waals surface area (Å²) in [4.78, 5) is 5.80. The lowest BCUT2D eigenvalue weighted by atomic mass is 9.77. The highest BCUT2D eigenvalue weighted by Gasteiger charge is 2.35. The highest BCUT2D eigenvalue weighted by Crippen LogP contribution is 2.36. The molecular weight excluding hydrogens is 346 g/mol. The molecule has 0 aliphatic heterocycles. The third-order valence-corrected chi connectivity index (χ3v) is 4.92. The van der Waals surface area contributed by atoms with Gasteiger partial charge in [-0.3, -0.25) is 4.84 Å². The second-order valence-electron chi connectivity index (χ2n) is 6.54. The number of nitrogens with zero attached hydrogens (tertiary/aromatic N) is 1. The minimum atomic E-state index is -0.545. The van der Waals surface area contributed by atoms with Gasteiger partial charge in [0, 0.05) is 13.1 Å². The molecule has 3 aromatic rings. The van der Waals surface area contributed by atoms with Crippen molar-refractivity contribution in [2.45, 2.75) is 19.4 Å². The van der Waals surface area contributed by atoms with Crippen molar-refractivity contribution < 1.29 is 4.84 Å². The number of nitrogens with one attached hydrogen (secondary N) is 2. The van der Waals surface area contributed by atoms with Gasteiger partial charge in [-0.15, -0.1) is 0 Å². The summed E-state index contributed by atoms with van der Waals surface area (Å²) < 4.78 is 0. The van der Waals surface area contributed by atoms with E-state index in [0.29, 0.717) is 6.73 Å². The minimum Gasteiger partial charge on any atom is -0.282 e. The lowest BCUT2D eigenvalue weighted by Crippen LogP contribution is -2.52. The number of rotatable bonds is 10. The van der Waals surface area contributed by atoms with Crippen molar-refractivity contribution in [2.24, 2.45) is 0 Å². The molecule has 0 aliphatic carbocycles. The second-order valence-corrected chi connectivity index (χ2v) is 6.54. The maximum atomic E-state index is 5.80. The minimum absolute atomic E-state index is 0.371. The molecule has 28 heavy (non-hydrogen) atoms. The normalized spacial score (nSPS) is 11.7. The Bertz CT molecular complexity index is 708. The molecule has 4 nitrogen and oxygen atoms in total. The number of hydrogen-bond donors (Lipinski definition) is 2. The highest BCUT2D eigenvalue weighted by atomic mass is 16.7. The molecule has 0 unspecified atom stereocenters. The molecular formula is C24H29N3O. The van der Waals surface area contributed by atoms with E-state index in [1.54, 1.807) is 0 Å². The van der Waals surface area contributed by atoms with Crippen LogP contribution in [0.4, 0.5) is 0 Å². The zero-order chi connectivity index (χ0) is 19.7. The Morgan fingerprint density at radius 3 is 1.43 bits per heavy atom. The average Bonchev–Trinajstić information content (AvgIpc) is 2.78. The van der Waals surface area contributed by atoms with Crippen molar-refractivity contribution >= 4 is 0 Å². The molecule has 3 rings (SSSR count). The molecule has 0 radical (unpaired) electrons. The Morgan fingerprint density at radius 1 is 0.679 bits per heavy atom.